The molecular formula is C10H12BrN3OS. The van der Waals surface area contributed by atoms with Crippen LogP contribution in [0.25, 0.3) is 0 Å². The molecule has 0 saturated carbocycles. The van der Waals surface area contributed by atoms with Gasteiger partial charge < -0.3 is 5.11 Å². The van der Waals surface area contributed by atoms with Crippen molar-refractivity contribution in [2.75, 3.05) is 0 Å². The van der Waals surface area contributed by atoms with Crippen LogP contribution in [0.3, 0.4) is 0 Å². The van der Waals surface area contributed by atoms with E-state index in [0.29, 0.717) is 6.42 Å². The molecule has 4 nitrogen and oxygen atoms in total. The average Bonchev–Trinajstić information content (AvgIpc) is 2.74. The van der Waals surface area contributed by atoms with Crippen LogP contribution >= 0.6 is 27.3 Å². The fraction of sp³-hybridized carbons (Fsp3) is 0.400. The molecule has 0 aromatic carbocycles. The van der Waals surface area contributed by atoms with Gasteiger partial charge in [0.25, 0.3) is 0 Å². The number of hydrogen-bond donors (Lipinski definition) is 1. The van der Waals surface area contributed by atoms with Crippen molar-refractivity contribution in [3.05, 3.63) is 32.4 Å². The first-order chi connectivity index (χ1) is 7.58. The molecule has 0 amide bonds. The van der Waals surface area contributed by atoms with Crippen LogP contribution in [-0.4, -0.2) is 19.9 Å². The van der Waals surface area contributed by atoms with Crippen molar-refractivity contribution in [1.82, 2.24) is 14.8 Å². The van der Waals surface area contributed by atoms with E-state index in [1.165, 1.54) is 0 Å². The molecule has 0 saturated heterocycles. The number of aromatic nitrogens is 3. The van der Waals surface area contributed by atoms with Crippen LogP contribution in [0.1, 0.15) is 22.5 Å². The van der Waals surface area contributed by atoms with Crippen molar-refractivity contribution in [3.8, 4) is 0 Å². The Morgan fingerprint density at radius 1 is 1.62 bits per heavy atom. The van der Waals surface area contributed by atoms with Gasteiger partial charge in [0.2, 0.25) is 0 Å². The lowest BCUT2D eigenvalue weighted by Crippen LogP contribution is -2.08. The van der Waals surface area contributed by atoms with Gasteiger partial charge in [-0.1, -0.05) is 0 Å². The molecule has 2 aromatic rings. The van der Waals surface area contributed by atoms with E-state index in [1.54, 1.807) is 22.2 Å². The van der Waals surface area contributed by atoms with Crippen molar-refractivity contribution in [2.24, 2.45) is 7.05 Å². The highest BCUT2D eigenvalue weighted by molar-refractivity contribution is 9.10. The first-order valence-electron chi connectivity index (χ1n) is 4.84. The van der Waals surface area contributed by atoms with E-state index in [-0.39, 0.29) is 0 Å². The molecule has 16 heavy (non-hydrogen) atoms. The van der Waals surface area contributed by atoms with Crippen LogP contribution < -0.4 is 0 Å². The summed E-state index contributed by atoms with van der Waals surface area (Å²) in [4.78, 5) is 4.33. The SMILES string of the molecule is Cc1csc(CC(O)c2c(Br)cnn2C)n1. The van der Waals surface area contributed by atoms with Gasteiger partial charge in [0, 0.05) is 24.5 Å². The molecule has 6 heteroatoms. The van der Waals surface area contributed by atoms with Crippen molar-refractivity contribution in [2.45, 2.75) is 19.4 Å². The Bertz CT molecular complexity index is 474. The Hall–Kier alpha value is -0.720. The highest BCUT2D eigenvalue weighted by atomic mass is 79.9. The Morgan fingerprint density at radius 3 is 2.88 bits per heavy atom. The number of halogens is 1. The summed E-state index contributed by atoms with van der Waals surface area (Å²) in [6.45, 7) is 1.95. The Kier molecular flexibility index (Phi) is 3.41. The van der Waals surface area contributed by atoms with E-state index >= 15 is 0 Å². The number of thiazole rings is 1. The Labute approximate surface area is 106 Å². The van der Waals surface area contributed by atoms with Crippen molar-refractivity contribution >= 4 is 27.3 Å². The smallest absolute Gasteiger partial charge is 0.103 e. The minimum absolute atomic E-state index is 0.524. The summed E-state index contributed by atoms with van der Waals surface area (Å²) >= 11 is 4.95. The second-order valence-corrected chi connectivity index (χ2v) is 5.40. The molecule has 2 rings (SSSR count). The molecule has 0 aliphatic heterocycles. The van der Waals surface area contributed by atoms with Crippen LogP contribution in [0.2, 0.25) is 0 Å². The first-order valence-corrected chi connectivity index (χ1v) is 6.51. The third kappa shape index (κ3) is 2.34. The zero-order valence-corrected chi connectivity index (χ0v) is 11.4. The van der Waals surface area contributed by atoms with Crippen LogP contribution in [-0.2, 0) is 13.5 Å². The van der Waals surface area contributed by atoms with Gasteiger partial charge >= 0.3 is 0 Å². The van der Waals surface area contributed by atoms with Gasteiger partial charge in [0.15, 0.2) is 0 Å². The highest BCUT2D eigenvalue weighted by Crippen LogP contribution is 2.26. The minimum Gasteiger partial charge on any atom is -0.386 e. The largest absolute Gasteiger partial charge is 0.386 e. The van der Waals surface area contributed by atoms with E-state index in [1.807, 2.05) is 19.4 Å². The third-order valence-corrected chi connectivity index (χ3v) is 3.89. The fourth-order valence-corrected chi connectivity index (χ4v) is 2.98. The summed E-state index contributed by atoms with van der Waals surface area (Å²) in [5.41, 5.74) is 1.78. The van der Waals surface area contributed by atoms with Crippen LogP contribution in [0, 0.1) is 6.92 Å². The fourth-order valence-electron chi connectivity index (χ4n) is 1.55. The zero-order valence-electron chi connectivity index (χ0n) is 9.01. The maximum Gasteiger partial charge on any atom is 0.103 e. The van der Waals surface area contributed by atoms with E-state index in [9.17, 15) is 5.11 Å². The zero-order chi connectivity index (χ0) is 11.7. The first kappa shape index (κ1) is 11.8. The van der Waals surface area contributed by atoms with Crippen molar-refractivity contribution in [1.29, 1.82) is 0 Å². The topological polar surface area (TPSA) is 50.9 Å². The second kappa shape index (κ2) is 4.65. The van der Waals surface area contributed by atoms with Crippen LogP contribution in [0.4, 0.5) is 0 Å². The van der Waals surface area contributed by atoms with Gasteiger partial charge in [0.1, 0.15) is 6.10 Å². The third-order valence-electron chi connectivity index (χ3n) is 2.29. The molecule has 0 spiro atoms. The summed E-state index contributed by atoms with van der Waals surface area (Å²) in [6.07, 6.45) is 1.63. The predicted octanol–water partition coefficient (Wildman–Crippen LogP) is 2.22. The van der Waals surface area contributed by atoms with E-state index in [2.05, 4.69) is 26.0 Å². The summed E-state index contributed by atoms with van der Waals surface area (Å²) < 4.78 is 2.51. The monoisotopic (exact) mass is 301 g/mol. The van der Waals surface area contributed by atoms with Gasteiger partial charge in [-0.15, -0.1) is 11.3 Å². The van der Waals surface area contributed by atoms with Crippen molar-refractivity contribution < 1.29 is 5.11 Å². The highest BCUT2D eigenvalue weighted by Gasteiger charge is 2.17. The summed E-state index contributed by atoms with van der Waals surface area (Å²) in [6, 6.07) is 0. The quantitative estimate of drug-likeness (QED) is 0.946. The van der Waals surface area contributed by atoms with Crippen LogP contribution in [0.15, 0.2) is 16.0 Å². The lowest BCUT2D eigenvalue weighted by molar-refractivity contribution is 0.167. The molecule has 2 heterocycles. The Morgan fingerprint density at radius 2 is 2.38 bits per heavy atom. The standard InChI is InChI=1S/C10H12BrN3OS/c1-6-5-16-9(13-6)3-8(15)10-7(11)4-12-14(10)2/h4-5,8,15H,3H2,1-2H3. The number of aliphatic hydroxyl groups is 1. The molecule has 0 radical (unpaired) electrons. The molecule has 0 fully saturated rings. The molecule has 1 N–H and O–H groups in total. The predicted molar refractivity (Wildman–Crippen MR) is 66.4 cm³/mol. The number of nitrogens with zero attached hydrogens (tertiary/aromatic N) is 3. The number of hydrogen-bond acceptors (Lipinski definition) is 4. The summed E-state index contributed by atoms with van der Waals surface area (Å²) in [7, 11) is 1.82. The lowest BCUT2D eigenvalue weighted by Gasteiger charge is -2.10. The van der Waals surface area contributed by atoms with Crippen molar-refractivity contribution in [3.63, 3.8) is 0 Å². The van der Waals surface area contributed by atoms with Gasteiger partial charge in [0.05, 0.1) is 21.4 Å². The molecular weight excluding hydrogens is 290 g/mol. The molecule has 0 aliphatic rings. The van der Waals surface area contributed by atoms with Crippen LogP contribution in [0.5, 0.6) is 0 Å². The van der Waals surface area contributed by atoms with Gasteiger partial charge in [-0.3, -0.25) is 4.68 Å². The molecule has 1 atom stereocenters. The average molecular weight is 302 g/mol. The molecule has 0 aliphatic carbocycles. The summed E-state index contributed by atoms with van der Waals surface area (Å²) in [5, 5.41) is 17.1. The molecule has 1 unspecified atom stereocenters. The van der Waals surface area contributed by atoms with Gasteiger partial charge in [-0.2, -0.15) is 5.10 Å². The minimum atomic E-state index is -0.576. The molecule has 86 valence electrons. The maximum atomic E-state index is 10.1. The number of rotatable bonds is 3. The van der Waals surface area contributed by atoms with Gasteiger partial charge in [-0.25, -0.2) is 4.98 Å². The number of aryl methyl sites for hydroxylation is 2. The molecule has 0 bridgehead atoms. The summed E-state index contributed by atoms with van der Waals surface area (Å²) in [5.74, 6) is 0. The van der Waals surface area contributed by atoms with Gasteiger partial charge in [-0.05, 0) is 22.9 Å². The maximum absolute atomic E-state index is 10.1. The lowest BCUT2D eigenvalue weighted by atomic mass is 10.2. The normalized spacial score (nSPS) is 13.0. The second-order valence-electron chi connectivity index (χ2n) is 3.60. The number of aliphatic hydroxyl groups excluding tert-OH is 1. The molecule has 2 aromatic heterocycles. The Balaban J connectivity index is 2.17. The van der Waals surface area contributed by atoms with E-state index < -0.39 is 6.10 Å². The van der Waals surface area contributed by atoms with E-state index in [4.69, 9.17) is 0 Å². The van der Waals surface area contributed by atoms with E-state index in [0.717, 1.165) is 20.9 Å².